The van der Waals surface area contributed by atoms with Crippen molar-refractivity contribution in [3.05, 3.63) is 29.8 Å². The molecule has 1 aromatic rings. The lowest BCUT2D eigenvalue weighted by atomic mass is 10.0. The van der Waals surface area contributed by atoms with Crippen molar-refractivity contribution in [1.82, 2.24) is 5.32 Å². The monoisotopic (exact) mass is 326 g/mol. The van der Waals surface area contributed by atoms with Gasteiger partial charge in [-0.05, 0) is 43.9 Å². The third-order valence-corrected chi connectivity index (χ3v) is 3.82. The number of hydrogen-bond acceptors (Lipinski definition) is 3. The highest BCUT2D eigenvalue weighted by molar-refractivity contribution is 5.91. The molecule has 22 heavy (non-hydrogen) atoms. The van der Waals surface area contributed by atoms with E-state index < -0.39 is 0 Å². The number of nitrogens with one attached hydrogen (secondary N) is 2. The van der Waals surface area contributed by atoms with Crippen LogP contribution in [0.25, 0.3) is 0 Å². The van der Waals surface area contributed by atoms with Gasteiger partial charge in [-0.2, -0.15) is 0 Å². The van der Waals surface area contributed by atoms with Gasteiger partial charge < -0.3 is 15.4 Å². The van der Waals surface area contributed by atoms with Crippen molar-refractivity contribution >= 4 is 24.0 Å². The molecule has 1 unspecified atom stereocenters. The molecule has 1 aliphatic heterocycles. The predicted molar refractivity (Wildman–Crippen MR) is 92.5 cm³/mol. The van der Waals surface area contributed by atoms with E-state index in [4.69, 9.17) is 4.74 Å². The number of benzene rings is 1. The molecule has 4 nitrogen and oxygen atoms in total. The standard InChI is InChI=1S/C17H26N2O2.ClH/c1-2-18-13-14-7-3-4-9-16(14)19-17(20)11-10-15-8-5-6-12-21-15;/h3-4,7,9,15,18H,2,5-6,8,10-13H2,1H3,(H,19,20);1H. The van der Waals surface area contributed by atoms with Crippen molar-refractivity contribution < 1.29 is 9.53 Å². The van der Waals surface area contributed by atoms with Gasteiger partial charge in [0, 0.05) is 25.3 Å². The molecule has 0 spiro atoms. The number of carbonyl (C=O) groups excluding carboxylic acids is 1. The summed E-state index contributed by atoms with van der Waals surface area (Å²) in [7, 11) is 0. The first kappa shape index (κ1) is 18.9. The van der Waals surface area contributed by atoms with Crippen LogP contribution in [0, 0.1) is 0 Å². The van der Waals surface area contributed by atoms with Gasteiger partial charge in [0.2, 0.25) is 5.91 Å². The van der Waals surface area contributed by atoms with Crippen LogP contribution in [0.4, 0.5) is 5.69 Å². The summed E-state index contributed by atoms with van der Waals surface area (Å²) in [6.07, 6.45) is 5.07. The smallest absolute Gasteiger partial charge is 0.224 e. The molecule has 5 heteroatoms. The topological polar surface area (TPSA) is 50.4 Å². The highest BCUT2D eigenvalue weighted by Crippen LogP contribution is 2.19. The van der Waals surface area contributed by atoms with Gasteiger partial charge in [0.15, 0.2) is 0 Å². The van der Waals surface area contributed by atoms with E-state index in [1.165, 1.54) is 6.42 Å². The number of anilines is 1. The molecule has 0 aliphatic carbocycles. The van der Waals surface area contributed by atoms with Crippen LogP contribution >= 0.6 is 12.4 Å². The van der Waals surface area contributed by atoms with E-state index in [2.05, 4.69) is 17.6 Å². The number of ether oxygens (including phenoxy) is 1. The summed E-state index contributed by atoms with van der Waals surface area (Å²) in [6, 6.07) is 7.96. The number of carbonyl (C=O) groups is 1. The van der Waals surface area contributed by atoms with E-state index >= 15 is 0 Å². The van der Waals surface area contributed by atoms with Gasteiger partial charge in [-0.1, -0.05) is 25.1 Å². The summed E-state index contributed by atoms with van der Waals surface area (Å²) in [5.41, 5.74) is 2.04. The minimum atomic E-state index is 0. The third kappa shape index (κ3) is 6.34. The van der Waals surface area contributed by atoms with Crippen LogP contribution in [-0.4, -0.2) is 25.2 Å². The Morgan fingerprint density at radius 1 is 1.32 bits per heavy atom. The zero-order chi connectivity index (χ0) is 14.9. The Labute approximate surface area is 139 Å². The second kappa shape index (κ2) is 10.6. The fourth-order valence-electron chi connectivity index (χ4n) is 2.60. The summed E-state index contributed by atoms with van der Waals surface area (Å²) in [5, 5.41) is 6.32. The normalized spacial score (nSPS) is 17.6. The third-order valence-electron chi connectivity index (χ3n) is 3.82. The molecule has 0 aromatic heterocycles. The molecule has 2 N–H and O–H groups in total. The minimum Gasteiger partial charge on any atom is -0.378 e. The van der Waals surface area contributed by atoms with Crippen molar-refractivity contribution in [2.45, 2.75) is 51.7 Å². The maximum absolute atomic E-state index is 12.1. The van der Waals surface area contributed by atoms with Gasteiger partial charge in [0.25, 0.3) is 0 Å². The number of rotatable bonds is 7. The van der Waals surface area contributed by atoms with Crippen LogP contribution in [0.5, 0.6) is 0 Å². The van der Waals surface area contributed by atoms with E-state index in [1.54, 1.807) is 0 Å². The maximum Gasteiger partial charge on any atom is 0.224 e. The Hall–Kier alpha value is -1.10. The molecule has 1 aliphatic rings. The molecule has 2 rings (SSSR count). The summed E-state index contributed by atoms with van der Waals surface area (Å²) in [4.78, 5) is 12.1. The molecule has 0 radical (unpaired) electrons. The zero-order valence-corrected chi connectivity index (χ0v) is 14.1. The Balaban J connectivity index is 0.00000242. The lowest BCUT2D eigenvalue weighted by Crippen LogP contribution is -2.22. The van der Waals surface area contributed by atoms with Crippen molar-refractivity contribution in [3.63, 3.8) is 0 Å². The second-order valence-corrected chi connectivity index (χ2v) is 5.51. The molecule has 124 valence electrons. The highest BCUT2D eigenvalue weighted by atomic mass is 35.5. The quantitative estimate of drug-likeness (QED) is 0.806. The number of amides is 1. The van der Waals surface area contributed by atoms with Crippen LogP contribution in [0.2, 0.25) is 0 Å². The first-order valence-corrected chi connectivity index (χ1v) is 7.99. The van der Waals surface area contributed by atoms with Gasteiger partial charge >= 0.3 is 0 Å². The Morgan fingerprint density at radius 3 is 2.86 bits per heavy atom. The van der Waals surface area contributed by atoms with Crippen molar-refractivity contribution in [2.24, 2.45) is 0 Å². The van der Waals surface area contributed by atoms with E-state index in [1.807, 2.05) is 24.3 Å². The van der Waals surface area contributed by atoms with Crippen molar-refractivity contribution in [2.75, 3.05) is 18.5 Å². The molecule has 1 fully saturated rings. The first-order chi connectivity index (χ1) is 10.3. The van der Waals surface area contributed by atoms with E-state index in [-0.39, 0.29) is 24.4 Å². The largest absolute Gasteiger partial charge is 0.378 e. The van der Waals surface area contributed by atoms with Gasteiger partial charge in [0.05, 0.1) is 6.10 Å². The molecule has 1 atom stereocenters. The second-order valence-electron chi connectivity index (χ2n) is 5.51. The summed E-state index contributed by atoms with van der Waals surface area (Å²) < 4.78 is 5.67. The number of para-hydroxylation sites is 1. The van der Waals surface area contributed by atoms with E-state index in [9.17, 15) is 4.79 Å². The van der Waals surface area contributed by atoms with Crippen LogP contribution in [-0.2, 0) is 16.1 Å². The van der Waals surface area contributed by atoms with Crippen molar-refractivity contribution in [1.29, 1.82) is 0 Å². The lowest BCUT2D eigenvalue weighted by molar-refractivity contribution is -0.117. The van der Waals surface area contributed by atoms with Gasteiger partial charge in [-0.25, -0.2) is 0 Å². The Bertz CT molecular complexity index is 448. The average Bonchev–Trinajstić information content (AvgIpc) is 2.53. The minimum absolute atomic E-state index is 0. The number of hydrogen-bond donors (Lipinski definition) is 2. The van der Waals surface area contributed by atoms with Crippen LogP contribution < -0.4 is 10.6 Å². The van der Waals surface area contributed by atoms with E-state index in [0.29, 0.717) is 6.42 Å². The van der Waals surface area contributed by atoms with Gasteiger partial charge in [-0.3, -0.25) is 4.79 Å². The van der Waals surface area contributed by atoms with Gasteiger partial charge in [0.1, 0.15) is 0 Å². The summed E-state index contributed by atoms with van der Waals surface area (Å²) in [6.45, 7) is 4.61. The average molecular weight is 327 g/mol. The van der Waals surface area contributed by atoms with Crippen LogP contribution in [0.15, 0.2) is 24.3 Å². The molecular formula is C17H27ClN2O2. The fourth-order valence-corrected chi connectivity index (χ4v) is 2.60. The Kier molecular flexibility index (Phi) is 9.13. The summed E-state index contributed by atoms with van der Waals surface area (Å²) >= 11 is 0. The molecule has 0 saturated carbocycles. The van der Waals surface area contributed by atoms with E-state index in [0.717, 1.165) is 50.2 Å². The number of halogens is 1. The molecule has 1 heterocycles. The zero-order valence-electron chi connectivity index (χ0n) is 13.3. The fraction of sp³-hybridized carbons (Fsp3) is 0.588. The molecular weight excluding hydrogens is 300 g/mol. The Morgan fingerprint density at radius 2 is 2.14 bits per heavy atom. The highest BCUT2D eigenvalue weighted by Gasteiger charge is 2.15. The lowest BCUT2D eigenvalue weighted by Gasteiger charge is -2.22. The first-order valence-electron chi connectivity index (χ1n) is 7.99. The molecule has 1 amide bonds. The van der Waals surface area contributed by atoms with Gasteiger partial charge in [-0.15, -0.1) is 12.4 Å². The van der Waals surface area contributed by atoms with Crippen LogP contribution in [0.3, 0.4) is 0 Å². The predicted octanol–water partition coefficient (Wildman–Crippen LogP) is 3.51. The molecule has 1 aromatic carbocycles. The molecule has 1 saturated heterocycles. The maximum atomic E-state index is 12.1. The van der Waals surface area contributed by atoms with Crippen LogP contribution in [0.1, 0.15) is 44.6 Å². The SMILES string of the molecule is CCNCc1ccccc1NC(=O)CCC1CCCCO1.Cl. The summed E-state index contributed by atoms with van der Waals surface area (Å²) in [5.74, 6) is 0.0770. The molecule has 0 bridgehead atoms. The van der Waals surface area contributed by atoms with Crippen molar-refractivity contribution in [3.8, 4) is 0 Å².